The minimum Gasteiger partial charge on any atom is -0.493 e. The number of rotatable bonds is 6. The molecular weight excluding hydrogens is 248 g/mol. The van der Waals surface area contributed by atoms with Crippen LogP contribution in [0.5, 0.6) is 5.75 Å². The second-order valence-electron chi connectivity index (χ2n) is 3.75. The lowest BCUT2D eigenvalue weighted by molar-refractivity contribution is 0.344. The topological polar surface area (TPSA) is 76.8 Å². The van der Waals surface area contributed by atoms with Gasteiger partial charge in [0.15, 0.2) is 0 Å². The Labute approximate surface area is 110 Å². The number of hydrogen-bond acceptors (Lipinski definition) is 5. The number of benzene rings is 1. The van der Waals surface area contributed by atoms with Gasteiger partial charge in [0.1, 0.15) is 11.6 Å². The van der Waals surface area contributed by atoms with Gasteiger partial charge in [-0.15, -0.1) is 5.10 Å². The van der Waals surface area contributed by atoms with Crippen molar-refractivity contribution in [2.75, 3.05) is 12.4 Å². The number of H-pyrrole nitrogens is 1. The van der Waals surface area contributed by atoms with Crippen molar-refractivity contribution in [2.24, 2.45) is 5.73 Å². The molecule has 0 radical (unpaired) electrons. The lowest BCUT2D eigenvalue weighted by atomic mass is 10.2. The Kier molecular flexibility index (Phi) is 4.60. The smallest absolute Gasteiger partial charge is 0.208 e. The number of nitrogens with zero attached hydrogens (tertiary/aromatic N) is 2. The Bertz CT molecular complexity index is 483. The first-order chi connectivity index (χ1) is 8.78. The average Bonchev–Trinajstić information content (AvgIpc) is 2.81. The molecule has 2 rings (SSSR count). The summed E-state index contributed by atoms with van der Waals surface area (Å²) in [6.07, 6.45) is 0. The third kappa shape index (κ3) is 3.75. The molecule has 2 aromatic rings. The number of ether oxygens (including phenoxy) is 1. The monoisotopic (exact) mass is 264 g/mol. The number of nitrogens with one attached hydrogen (secondary N) is 1. The van der Waals surface area contributed by atoms with Crippen molar-refractivity contribution in [2.45, 2.75) is 18.6 Å². The van der Waals surface area contributed by atoms with E-state index in [9.17, 15) is 0 Å². The fraction of sp³-hybridized carbons (Fsp3) is 0.333. The van der Waals surface area contributed by atoms with E-state index in [4.69, 9.17) is 10.5 Å². The van der Waals surface area contributed by atoms with Gasteiger partial charge >= 0.3 is 0 Å². The minimum absolute atomic E-state index is 0.556. The number of thioether (sulfide) groups is 1. The third-order valence-electron chi connectivity index (χ3n) is 2.32. The van der Waals surface area contributed by atoms with E-state index in [0.717, 1.165) is 28.0 Å². The molecule has 0 saturated heterocycles. The molecular formula is C12H16N4OS. The summed E-state index contributed by atoms with van der Waals surface area (Å²) in [5.74, 6) is 2.51. The highest BCUT2D eigenvalue weighted by molar-refractivity contribution is 7.99. The van der Waals surface area contributed by atoms with E-state index in [1.807, 2.05) is 31.2 Å². The summed E-state index contributed by atoms with van der Waals surface area (Å²) in [7, 11) is 0. The zero-order valence-corrected chi connectivity index (χ0v) is 11.0. The molecule has 3 N–H and O–H groups in total. The van der Waals surface area contributed by atoms with Gasteiger partial charge in [-0.25, -0.2) is 4.98 Å². The lowest BCUT2D eigenvalue weighted by Gasteiger charge is -2.05. The highest BCUT2D eigenvalue weighted by Gasteiger charge is 2.00. The van der Waals surface area contributed by atoms with Crippen molar-refractivity contribution in [3.63, 3.8) is 0 Å². The number of aromatic amines is 1. The molecule has 0 aliphatic heterocycles. The van der Waals surface area contributed by atoms with Crippen LogP contribution in [0.2, 0.25) is 0 Å². The van der Waals surface area contributed by atoms with E-state index < -0.39 is 0 Å². The fourth-order valence-electron chi connectivity index (χ4n) is 1.40. The molecule has 0 spiro atoms. The lowest BCUT2D eigenvalue weighted by Crippen LogP contribution is -2.01. The van der Waals surface area contributed by atoms with Crippen LogP contribution in [-0.2, 0) is 6.54 Å². The van der Waals surface area contributed by atoms with E-state index >= 15 is 0 Å². The summed E-state index contributed by atoms with van der Waals surface area (Å²) in [5, 5.41) is 7.60. The van der Waals surface area contributed by atoms with Crippen LogP contribution in [0, 0.1) is 6.92 Å². The first kappa shape index (κ1) is 12.9. The van der Waals surface area contributed by atoms with Gasteiger partial charge in [0.05, 0.1) is 6.61 Å². The van der Waals surface area contributed by atoms with E-state index in [1.165, 1.54) is 0 Å². The summed E-state index contributed by atoms with van der Waals surface area (Å²) >= 11 is 1.57. The summed E-state index contributed by atoms with van der Waals surface area (Å²) in [5.41, 5.74) is 6.63. The normalized spacial score (nSPS) is 10.6. The first-order valence-electron chi connectivity index (χ1n) is 5.71. The molecule has 0 saturated carbocycles. The highest BCUT2D eigenvalue weighted by atomic mass is 32.2. The van der Waals surface area contributed by atoms with Crippen molar-refractivity contribution in [1.82, 2.24) is 15.2 Å². The Balaban J connectivity index is 1.71. The molecule has 6 heteroatoms. The average molecular weight is 264 g/mol. The molecule has 5 nitrogen and oxygen atoms in total. The summed E-state index contributed by atoms with van der Waals surface area (Å²) in [4.78, 5) is 4.20. The van der Waals surface area contributed by atoms with E-state index in [-0.39, 0.29) is 0 Å². The van der Waals surface area contributed by atoms with Crippen molar-refractivity contribution in [1.29, 1.82) is 0 Å². The Morgan fingerprint density at radius 1 is 1.33 bits per heavy atom. The summed E-state index contributed by atoms with van der Waals surface area (Å²) < 4.78 is 5.61. The molecule has 1 heterocycles. The van der Waals surface area contributed by atoms with Gasteiger partial charge in [0, 0.05) is 12.3 Å². The fourth-order valence-corrected chi connectivity index (χ4v) is 2.06. The van der Waals surface area contributed by atoms with Crippen molar-refractivity contribution in [3.8, 4) is 5.75 Å². The molecule has 0 atom stereocenters. The van der Waals surface area contributed by atoms with Gasteiger partial charge in [-0.2, -0.15) is 0 Å². The molecule has 18 heavy (non-hydrogen) atoms. The second-order valence-corrected chi connectivity index (χ2v) is 4.81. The van der Waals surface area contributed by atoms with Gasteiger partial charge in [-0.05, 0) is 24.6 Å². The van der Waals surface area contributed by atoms with E-state index in [1.54, 1.807) is 11.8 Å². The Hall–Kier alpha value is -1.53. The number of hydrogen-bond donors (Lipinski definition) is 2. The van der Waals surface area contributed by atoms with Crippen LogP contribution >= 0.6 is 11.8 Å². The van der Waals surface area contributed by atoms with Crippen LogP contribution in [0.1, 0.15) is 11.4 Å². The SMILES string of the molecule is Cc1nc(SCCOc2ccc(CN)cc2)n[nH]1. The van der Waals surface area contributed by atoms with Gasteiger partial charge < -0.3 is 10.5 Å². The molecule has 0 unspecified atom stereocenters. The molecule has 0 aliphatic carbocycles. The minimum atomic E-state index is 0.556. The predicted molar refractivity (Wildman–Crippen MR) is 71.7 cm³/mol. The predicted octanol–water partition coefficient (Wildman–Crippen LogP) is 1.74. The zero-order valence-electron chi connectivity index (χ0n) is 10.2. The highest BCUT2D eigenvalue weighted by Crippen LogP contribution is 2.14. The van der Waals surface area contributed by atoms with Crippen LogP contribution < -0.4 is 10.5 Å². The molecule has 0 amide bonds. The first-order valence-corrected chi connectivity index (χ1v) is 6.70. The van der Waals surface area contributed by atoms with Crippen molar-refractivity contribution < 1.29 is 4.74 Å². The maximum Gasteiger partial charge on any atom is 0.208 e. The molecule has 0 fully saturated rings. The molecule has 0 bridgehead atoms. The summed E-state index contributed by atoms with van der Waals surface area (Å²) in [6, 6.07) is 7.82. The van der Waals surface area contributed by atoms with Crippen LogP contribution in [0.25, 0.3) is 0 Å². The molecule has 96 valence electrons. The maximum atomic E-state index is 5.61. The second kappa shape index (κ2) is 6.42. The van der Waals surface area contributed by atoms with Gasteiger partial charge in [-0.3, -0.25) is 5.10 Å². The van der Waals surface area contributed by atoms with Gasteiger partial charge in [0.2, 0.25) is 5.16 Å². The quantitative estimate of drug-likeness (QED) is 0.614. The van der Waals surface area contributed by atoms with Crippen molar-refractivity contribution in [3.05, 3.63) is 35.7 Å². The zero-order chi connectivity index (χ0) is 12.8. The van der Waals surface area contributed by atoms with Crippen molar-refractivity contribution >= 4 is 11.8 Å². The molecule has 1 aromatic carbocycles. The largest absolute Gasteiger partial charge is 0.493 e. The van der Waals surface area contributed by atoms with Gasteiger partial charge in [0.25, 0.3) is 0 Å². The number of aromatic nitrogens is 3. The van der Waals surface area contributed by atoms with Crippen LogP contribution in [0.4, 0.5) is 0 Å². The van der Waals surface area contributed by atoms with Crippen LogP contribution in [-0.4, -0.2) is 27.5 Å². The standard InChI is InChI=1S/C12H16N4OS/c1-9-14-12(16-15-9)18-7-6-17-11-4-2-10(8-13)3-5-11/h2-5H,6-8,13H2,1H3,(H,14,15,16). The molecule has 0 aliphatic rings. The third-order valence-corrected chi connectivity index (χ3v) is 3.13. The number of aryl methyl sites for hydroxylation is 1. The van der Waals surface area contributed by atoms with E-state index in [0.29, 0.717) is 13.2 Å². The Morgan fingerprint density at radius 3 is 2.72 bits per heavy atom. The summed E-state index contributed by atoms with van der Waals surface area (Å²) in [6.45, 7) is 3.06. The van der Waals surface area contributed by atoms with Gasteiger partial charge in [-0.1, -0.05) is 23.9 Å². The number of nitrogens with two attached hydrogens (primary N) is 1. The Morgan fingerprint density at radius 2 is 2.11 bits per heavy atom. The molecule has 1 aromatic heterocycles. The van der Waals surface area contributed by atoms with Crippen LogP contribution in [0.15, 0.2) is 29.4 Å². The maximum absolute atomic E-state index is 5.61. The van der Waals surface area contributed by atoms with E-state index in [2.05, 4.69) is 15.2 Å². The van der Waals surface area contributed by atoms with Crippen LogP contribution in [0.3, 0.4) is 0 Å².